The van der Waals surface area contributed by atoms with Crippen molar-refractivity contribution < 1.29 is 9.84 Å². The molecule has 1 atom stereocenters. The lowest BCUT2D eigenvalue weighted by molar-refractivity contribution is 0.0243. The summed E-state index contributed by atoms with van der Waals surface area (Å²) in [6.07, 6.45) is 4.05. The molecule has 98 valence electrons. The van der Waals surface area contributed by atoms with Gasteiger partial charge in [0, 0.05) is 13.1 Å². The normalized spacial score (nSPS) is 14.6. The molecular weight excluding hydrogens is 218 g/mol. The minimum absolute atomic E-state index is 0.173. The molecule has 1 rings (SSSR count). The highest BCUT2D eigenvalue weighted by molar-refractivity contribution is 5.31. The Hall–Kier alpha value is -1.07. The first kappa shape index (κ1) is 14.0. The smallest absolute Gasteiger partial charge is 0.162 e. The number of nitrogens with zero attached hydrogens (tertiary/aromatic N) is 2. The van der Waals surface area contributed by atoms with Gasteiger partial charge in [-0.1, -0.05) is 20.3 Å². The SMILES string of the molecule is CCCn1ncc(OC)c1C(O)(CN)CCC. The molecule has 0 aliphatic rings. The molecule has 3 N–H and O–H groups in total. The minimum Gasteiger partial charge on any atom is -0.493 e. The summed E-state index contributed by atoms with van der Waals surface area (Å²) < 4.78 is 7.06. The Kier molecular flexibility index (Phi) is 4.96. The molecule has 0 spiro atoms. The van der Waals surface area contributed by atoms with Gasteiger partial charge in [0.25, 0.3) is 0 Å². The highest BCUT2D eigenvalue weighted by atomic mass is 16.5. The zero-order chi connectivity index (χ0) is 12.9. The summed E-state index contributed by atoms with van der Waals surface area (Å²) in [6.45, 7) is 5.02. The van der Waals surface area contributed by atoms with Crippen molar-refractivity contribution in [1.29, 1.82) is 0 Å². The van der Waals surface area contributed by atoms with E-state index in [1.807, 2.05) is 6.92 Å². The Morgan fingerprint density at radius 1 is 1.47 bits per heavy atom. The second kappa shape index (κ2) is 6.02. The van der Waals surface area contributed by atoms with Gasteiger partial charge in [0.2, 0.25) is 0 Å². The molecule has 0 aliphatic heterocycles. The second-order valence-corrected chi connectivity index (χ2v) is 4.27. The van der Waals surface area contributed by atoms with Crippen LogP contribution >= 0.6 is 0 Å². The Bertz CT molecular complexity index is 352. The summed E-state index contributed by atoms with van der Waals surface area (Å²) in [5, 5.41) is 14.9. The van der Waals surface area contributed by atoms with Gasteiger partial charge in [0.15, 0.2) is 5.75 Å². The molecule has 17 heavy (non-hydrogen) atoms. The molecular formula is C12H23N3O2. The minimum atomic E-state index is -1.05. The predicted octanol–water partition coefficient (Wildman–Crippen LogP) is 1.25. The van der Waals surface area contributed by atoms with Crippen LogP contribution in [0.15, 0.2) is 6.20 Å². The van der Waals surface area contributed by atoms with Crippen molar-refractivity contribution in [2.24, 2.45) is 5.73 Å². The maximum Gasteiger partial charge on any atom is 0.162 e. The predicted molar refractivity (Wildman–Crippen MR) is 66.9 cm³/mol. The van der Waals surface area contributed by atoms with Crippen LogP contribution in [0.4, 0.5) is 0 Å². The average Bonchev–Trinajstić information content (AvgIpc) is 2.73. The van der Waals surface area contributed by atoms with E-state index >= 15 is 0 Å². The summed E-state index contributed by atoms with van der Waals surface area (Å²) in [7, 11) is 1.58. The molecule has 0 aliphatic carbocycles. The van der Waals surface area contributed by atoms with Gasteiger partial charge in [0.05, 0.1) is 13.3 Å². The number of methoxy groups -OCH3 is 1. The first-order chi connectivity index (χ1) is 8.12. The van der Waals surface area contributed by atoms with Gasteiger partial charge in [0.1, 0.15) is 11.3 Å². The number of nitrogens with two attached hydrogens (primary N) is 1. The first-order valence-electron chi connectivity index (χ1n) is 6.15. The molecule has 0 fully saturated rings. The van der Waals surface area contributed by atoms with E-state index in [1.165, 1.54) is 0 Å². The van der Waals surface area contributed by atoms with Crippen LogP contribution in [0.3, 0.4) is 0 Å². The third kappa shape index (κ3) is 2.79. The fraction of sp³-hybridized carbons (Fsp3) is 0.750. The number of ether oxygens (including phenoxy) is 1. The standard InChI is InChI=1S/C12H23N3O2/c1-4-6-12(16,9-13)11-10(17-3)8-14-15(11)7-5-2/h8,16H,4-7,9,13H2,1-3H3. The molecule has 0 amide bonds. The summed E-state index contributed by atoms with van der Waals surface area (Å²) in [6, 6.07) is 0. The van der Waals surface area contributed by atoms with Crippen molar-refractivity contribution in [2.45, 2.75) is 45.3 Å². The van der Waals surface area contributed by atoms with Crippen molar-refractivity contribution in [3.05, 3.63) is 11.9 Å². The van der Waals surface area contributed by atoms with Crippen molar-refractivity contribution in [3.63, 3.8) is 0 Å². The zero-order valence-corrected chi connectivity index (χ0v) is 10.9. The molecule has 0 bridgehead atoms. The second-order valence-electron chi connectivity index (χ2n) is 4.27. The number of aliphatic hydroxyl groups is 1. The van der Waals surface area contributed by atoms with Crippen LogP contribution in [0.5, 0.6) is 5.75 Å². The van der Waals surface area contributed by atoms with Crippen LogP contribution < -0.4 is 10.5 Å². The molecule has 1 aromatic heterocycles. The van der Waals surface area contributed by atoms with Gasteiger partial charge in [-0.05, 0) is 12.8 Å². The highest BCUT2D eigenvalue weighted by Crippen LogP contribution is 2.33. The van der Waals surface area contributed by atoms with Gasteiger partial charge in [-0.15, -0.1) is 0 Å². The van der Waals surface area contributed by atoms with Crippen LogP contribution in [0, 0.1) is 0 Å². The molecule has 1 aromatic rings. The molecule has 0 saturated carbocycles. The van der Waals surface area contributed by atoms with Gasteiger partial charge in [-0.25, -0.2) is 0 Å². The highest BCUT2D eigenvalue weighted by Gasteiger charge is 2.34. The summed E-state index contributed by atoms with van der Waals surface area (Å²) >= 11 is 0. The summed E-state index contributed by atoms with van der Waals surface area (Å²) in [5.74, 6) is 0.611. The number of aromatic nitrogens is 2. The Morgan fingerprint density at radius 2 is 2.18 bits per heavy atom. The fourth-order valence-corrected chi connectivity index (χ4v) is 2.10. The zero-order valence-electron chi connectivity index (χ0n) is 10.9. The lowest BCUT2D eigenvalue weighted by Crippen LogP contribution is -2.37. The lowest BCUT2D eigenvalue weighted by atomic mass is 9.93. The molecule has 1 heterocycles. The molecule has 0 radical (unpaired) electrons. The third-order valence-corrected chi connectivity index (χ3v) is 2.90. The molecule has 5 heteroatoms. The fourth-order valence-electron chi connectivity index (χ4n) is 2.10. The van der Waals surface area contributed by atoms with E-state index in [1.54, 1.807) is 18.0 Å². The van der Waals surface area contributed by atoms with Crippen LogP contribution in [0.1, 0.15) is 38.8 Å². The summed E-state index contributed by atoms with van der Waals surface area (Å²) in [4.78, 5) is 0. The van der Waals surface area contributed by atoms with Gasteiger partial charge in [-0.2, -0.15) is 5.10 Å². The van der Waals surface area contributed by atoms with Crippen LogP contribution in [0.25, 0.3) is 0 Å². The average molecular weight is 241 g/mol. The molecule has 0 saturated heterocycles. The Labute approximate surface area is 103 Å². The van der Waals surface area contributed by atoms with E-state index in [0.717, 1.165) is 19.4 Å². The quantitative estimate of drug-likeness (QED) is 0.753. The number of hydrogen-bond acceptors (Lipinski definition) is 4. The largest absolute Gasteiger partial charge is 0.493 e. The molecule has 1 unspecified atom stereocenters. The van der Waals surface area contributed by atoms with E-state index in [2.05, 4.69) is 12.0 Å². The summed E-state index contributed by atoms with van der Waals surface area (Å²) in [5.41, 5.74) is 5.38. The van der Waals surface area contributed by atoms with Crippen molar-refractivity contribution >= 4 is 0 Å². The number of aryl methyl sites for hydroxylation is 1. The lowest BCUT2D eigenvalue weighted by Gasteiger charge is -2.27. The first-order valence-corrected chi connectivity index (χ1v) is 6.15. The van der Waals surface area contributed by atoms with Crippen molar-refractivity contribution in [3.8, 4) is 5.75 Å². The van der Waals surface area contributed by atoms with Crippen molar-refractivity contribution in [1.82, 2.24) is 9.78 Å². The van der Waals surface area contributed by atoms with Gasteiger partial charge >= 0.3 is 0 Å². The van der Waals surface area contributed by atoms with E-state index in [-0.39, 0.29) is 6.54 Å². The third-order valence-electron chi connectivity index (χ3n) is 2.90. The van der Waals surface area contributed by atoms with E-state index < -0.39 is 5.60 Å². The molecule has 0 aromatic carbocycles. The molecule has 5 nitrogen and oxygen atoms in total. The van der Waals surface area contributed by atoms with Crippen LogP contribution in [-0.2, 0) is 12.1 Å². The van der Waals surface area contributed by atoms with E-state index in [0.29, 0.717) is 17.9 Å². The van der Waals surface area contributed by atoms with Gasteiger partial charge in [-0.3, -0.25) is 4.68 Å². The van der Waals surface area contributed by atoms with Gasteiger partial charge < -0.3 is 15.6 Å². The van der Waals surface area contributed by atoms with Crippen molar-refractivity contribution in [2.75, 3.05) is 13.7 Å². The monoisotopic (exact) mass is 241 g/mol. The Morgan fingerprint density at radius 3 is 2.65 bits per heavy atom. The van der Waals surface area contributed by atoms with Crippen LogP contribution in [0.2, 0.25) is 0 Å². The Balaban J connectivity index is 3.18. The number of rotatable bonds is 7. The van der Waals surface area contributed by atoms with Crippen LogP contribution in [-0.4, -0.2) is 28.5 Å². The topological polar surface area (TPSA) is 73.3 Å². The maximum absolute atomic E-state index is 10.6. The maximum atomic E-state index is 10.6. The van der Waals surface area contributed by atoms with E-state index in [9.17, 15) is 5.11 Å². The van der Waals surface area contributed by atoms with E-state index in [4.69, 9.17) is 10.5 Å². The number of hydrogen-bond donors (Lipinski definition) is 2.